The number of ether oxygens (including phenoxy) is 1. The Labute approximate surface area is 161 Å². The van der Waals surface area contributed by atoms with E-state index in [2.05, 4.69) is 6.92 Å². The molecule has 0 spiro atoms. The summed E-state index contributed by atoms with van der Waals surface area (Å²) in [5.41, 5.74) is 7.02. The van der Waals surface area contributed by atoms with Crippen molar-refractivity contribution in [2.24, 2.45) is 5.73 Å². The van der Waals surface area contributed by atoms with E-state index in [1.807, 2.05) is 31.2 Å². The zero-order chi connectivity index (χ0) is 19.7. The van der Waals surface area contributed by atoms with Gasteiger partial charge in [0.2, 0.25) is 5.91 Å². The molecule has 0 saturated heterocycles. The molecule has 0 fully saturated rings. The van der Waals surface area contributed by atoms with Gasteiger partial charge in [-0.15, -0.1) is 11.3 Å². The highest BCUT2D eigenvalue weighted by molar-refractivity contribution is 7.19. The monoisotopic (exact) mass is 385 g/mol. The van der Waals surface area contributed by atoms with Crippen LogP contribution in [-0.2, 0) is 17.6 Å². The minimum Gasteiger partial charge on any atom is -0.497 e. The minimum atomic E-state index is -0.757. The summed E-state index contributed by atoms with van der Waals surface area (Å²) in [4.78, 5) is 31.7. The fourth-order valence-corrected chi connectivity index (χ4v) is 4.40. The molecular formula is C20H23N3O3S. The molecule has 2 heterocycles. The summed E-state index contributed by atoms with van der Waals surface area (Å²) < 4.78 is 6.77. The smallest absolute Gasteiger partial charge is 0.263 e. The Bertz CT molecular complexity index is 1070. The highest BCUT2D eigenvalue weighted by Gasteiger charge is 2.24. The fraction of sp³-hybridized carbons (Fsp3) is 0.350. The average Bonchev–Trinajstić information content (AvgIpc) is 3.06. The van der Waals surface area contributed by atoms with Gasteiger partial charge >= 0.3 is 0 Å². The zero-order valence-corrected chi connectivity index (χ0v) is 16.7. The van der Waals surface area contributed by atoms with Crippen LogP contribution in [0.2, 0.25) is 0 Å². The normalized spacial score (nSPS) is 12.3. The van der Waals surface area contributed by atoms with Crippen molar-refractivity contribution in [3.8, 4) is 16.9 Å². The van der Waals surface area contributed by atoms with E-state index in [0.717, 1.165) is 28.2 Å². The number of rotatable bonds is 6. The van der Waals surface area contributed by atoms with Crippen molar-refractivity contribution >= 4 is 27.5 Å². The molecule has 142 valence electrons. The predicted molar refractivity (Wildman–Crippen MR) is 109 cm³/mol. The predicted octanol–water partition coefficient (Wildman–Crippen LogP) is 3.30. The number of methoxy groups -OCH3 is 1. The van der Waals surface area contributed by atoms with Gasteiger partial charge in [-0.2, -0.15) is 0 Å². The number of carbonyl (C=O) groups is 1. The molecule has 27 heavy (non-hydrogen) atoms. The van der Waals surface area contributed by atoms with Crippen LogP contribution in [0.25, 0.3) is 21.3 Å². The quantitative estimate of drug-likeness (QED) is 0.705. The molecule has 7 heteroatoms. The van der Waals surface area contributed by atoms with Crippen molar-refractivity contribution in [3.63, 3.8) is 0 Å². The number of aromatic nitrogens is 2. The van der Waals surface area contributed by atoms with E-state index in [4.69, 9.17) is 15.5 Å². The number of fused-ring (bicyclic) bond motifs is 1. The van der Waals surface area contributed by atoms with Crippen LogP contribution in [0.1, 0.15) is 37.5 Å². The molecule has 3 rings (SSSR count). The first-order valence-corrected chi connectivity index (χ1v) is 9.75. The maximum absolute atomic E-state index is 13.4. The molecule has 2 N–H and O–H groups in total. The van der Waals surface area contributed by atoms with Gasteiger partial charge in [-0.1, -0.05) is 26.0 Å². The number of nitrogens with zero attached hydrogens (tertiary/aromatic N) is 2. The first-order valence-electron chi connectivity index (χ1n) is 8.93. The molecule has 6 nitrogen and oxygen atoms in total. The van der Waals surface area contributed by atoms with Gasteiger partial charge in [0.25, 0.3) is 5.56 Å². The first-order chi connectivity index (χ1) is 12.9. The van der Waals surface area contributed by atoms with Crippen LogP contribution < -0.4 is 16.0 Å². The lowest BCUT2D eigenvalue weighted by molar-refractivity contribution is -0.120. The maximum atomic E-state index is 13.4. The lowest BCUT2D eigenvalue weighted by Crippen LogP contribution is -2.34. The number of aryl methyl sites for hydroxylation is 2. The van der Waals surface area contributed by atoms with Gasteiger partial charge in [-0.3, -0.25) is 14.2 Å². The molecule has 0 radical (unpaired) electrons. The molecular weight excluding hydrogens is 362 g/mol. The van der Waals surface area contributed by atoms with Gasteiger partial charge in [-0.05, 0) is 31.0 Å². The van der Waals surface area contributed by atoms with E-state index in [1.54, 1.807) is 14.0 Å². The third-order valence-corrected chi connectivity index (χ3v) is 5.93. The molecule has 0 bridgehead atoms. The molecule has 0 aliphatic rings. The first kappa shape index (κ1) is 19.1. The van der Waals surface area contributed by atoms with E-state index >= 15 is 0 Å². The standard InChI is InChI=1S/C20H23N3O3S/c1-5-14-16(12-8-7-9-13(10-12)26-4)17-19(27-14)22-15(6-2)23(20(17)25)11(3)18(21)24/h7-11H,5-6H2,1-4H3,(H2,21,24). The summed E-state index contributed by atoms with van der Waals surface area (Å²) in [5.74, 6) is 0.736. The fourth-order valence-electron chi connectivity index (χ4n) is 3.26. The molecule has 1 unspecified atom stereocenters. The molecule has 1 atom stereocenters. The summed E-state index contributed by atoms with van der Waals surface area (Å²) in [5, 5.41) is 0.537. The zero-order valence-electron chi connectivity index (χ0n) is 15.9. The van der Waals surface area contributed by atoms with E-state index < -0.39 is 11.9 Å². The van der Waals surface area contributed by atoms with Crippen molar-refractivity contribution in [1.29, 1.82) is 0 Å². The number of benzene rings is 1. The second-order valence-corrected chi connectivity index (χ2v) is 7.38. The van der Waals surface area contributed by atoms with Crippen molar-refractivity contribution < 1.29 is 9.53 Å². The number of carbonyl (C=O) groups excluding carboxylic acids is 1. The number of thiophene rings is 1. The van der Waals surface area contributed by atoms with E-state index in [-0.39, 0.29) is 5.56 Å². The molecule has 3 aromatic rings. The largest absolute Gasteiger partial charge is 0.497 e. The van der Waals surface area contributed by atoms with Gasteiger partial charge in [0, 0.05) is 16.9 Å². The number of hydrogen-bond acceptors (Lipinski definition) is 5. The molecule has 1 amide bonds. The third kappa shape index (κ3) is 3.23. The highest BCUT2D eigenvalue weighted by atomic mass is 32.1. The van der Waals surface area contributed by atoms with Crippen molar-refractivity contribution in [1.82, 2.24) is 9.55 Å². The van der Waals surface area contributed by atoms with Crippen molar-refractivity contribution in [2.75, 3.05) is 7.11 Å². The lowest BCUT2D eigenvalue weighted by Gasteiger charge is -2.16. The Kier molecular flexibility index (Phi) is 5.32. The second-order valence-electron chi connectivity index (χ2n) is 6.30. The Morgan fingerprint density at radius 3 is 2.67 bits per heavy atom. The van der Waals surface area contributed by atoms with Gasteiger partial charge in [0.1, 0.15) is 22.4 Å². The SMILES string of the molecule is CCc1sc2nc(CC)n(C(C)C(N)=O)c(=O)c2c1-c1cccc(OC)c1. The third-order valence-electron chi connectivity index (χ3n) is 4.70. The van der Waals surface area contributed by atoms with Crippen molar-refractivity contribution in [3.05, 3.63) is 45.3 Å². The number of nitrogens with two attached hydrogens (primary N) is 1. The molecule has 0 aliphatic carbocycles. The Morgan fingerprint density at radius 2 is 2.07 bits per heavy atom. The number of amides is 1. The van der Waals surface area contributed by atoms with Gasteiger partial charge in [0.05, 0.1) is 12.5 Å². The summed E-state index contributed by atoms with van der Waals surface area (Å²) in [7, 11) is 1.61. The van der Waals surface area contributed by atoms with E-state index in [0.29, 0.717) is 22.5 Å². The summed E-state index contributed by atoms with van der Waals surface area (Å²) in [6, 6.07) is 6.88. The highest BCUT2D eigenvalue weighted by Crippen LogP contribution is 2.38. The average molecular weight is 385 g/mol. The van der Waals surface area contributed by atoms with Crippen LogP contribution in [0.4, 0.5) is 0 Å². The van der Waals surface area contributed by atoms with Gasteiger partial charge < -0.3 is 10.5 Å². The summed E-state index contributed by atoms with van der Waals surface area (Å²) in [6.45, 7) is 5.60. The number of hydrogen-bond donors (Lipinski definition) is 1. The Balaban J connectivity index is 2.41. The molecule has 2 aromatic heterocycles. The van der Waals surface area contributed by atoms with E-state index in [9.17, 15) is 9.59 Å². The van der Waals surface area contributed by atoms with E-state index in [1.165, 1.54) is 15.9 Å². The van der Waals surface area contributed by atoms with Crippen LogP contribution in [0, 0.1) is 0 Å². The van der Waals surface area contributed by atoms with Crippen LogP contribution in [-0.4, -0.2) is 22.6 Å². The lowest BCUT2D eigenvalue weighted by atomic mass is 10.0. The van der Waals surface area contributed by atoms with Crippen LogP contribution >= 0.6 is 11.3 Å². The molecule has 0 aliphatic heterocycles. The summed E-state index contributed by atoms with van der Waals surface area (Å²) >= 11 is 1.52. The molecule has 0 saturated carbocycles. The van der Waals surface area contributed by atoms with Crippen LogP contribution in [0.3, 0.4) is 0 Å². The van der Waals surface area contributed by atoms with Gasteiger partial charge in [-0.25, -0.2) is 4.98 Å². The minimum absolute atomic E-state index is 0.225. The number of primary amides is 1. The summed E-state index contributed by atoms with van der Waals surface area (Å²) in [6.07, 6.45) is 1.32. The molecule has 1 aromatic carbocycles. The van der Waals surface area contributed by atoms with Crippen LogP contribution in [0.15, 0.2) is 29.1 Å². The topological polar surface area (TPSA) is 87.2 Å². The van der Waals surface area contributed by atoms with Crippen molar-refractivity contribution in [2.45, 2.75) is 39.7 Å². The van der Waals surface area contributed by atoms with Crippen LogP contribution in [0.5, 0.6) is 5.75 Å². The Morgan fingerprint density at radius 1 is 1.33 bits per heavy atom. The van der Waals surface area contributed by atoms with Gasteiger partial charge in [0.15, 0.2) is 0 Å². The second kappa shape index (κ2) is 7.52. The Hall–Kier alpha value is -2.67. The maximum Gasteiger partial charge on any atom is 0.263 e.